The van der Waals surface area contributed by atoms with Crippen LogP contribution in [0.25, 0.3) is 5.57 Å². The number of fused-ring (bicyclic) bond motifs is 7. The Morgan fingerprint density at radius 2 is 1.40 bits per heavy atom. The first kappa shape index (κ1) is 37.1. The van der Waals surface area contributed by atoms with E-state index in [4.69, 9.17) is 0 Å². The van der Waals surface area contributed by atoms with E-state index in [2.05, 4.69) is 58.9 Å². The van der Waals surface area contributed by atoms with Crippen molar-refractivity contribution in [3.05, 3.63) is 83.4 Å². The smallest absolute Gasteiger partial charge is 0.335 e. The minimum atomic E-state index is -3.82. The molecule has 2 aromatic carbocycles. The Kier molecular flexibility index (Phi) is 8.85. The summed E-state index contributed by atoms with van der Waals surface area (Å²) in [6.07, 6.45) is 12.2. The zero-order valence-corrected chi connectivity index (χ0v) is 32.6. The Labute approximate surface area is 310 Å². The van der Waals surface area contributed by atoms with Gasteiger partial charge in [0.05, 0.1) is 16.0 Å². The number of nitrogens with one attached hydrogen (secondary N) is 1. The van der Waals surface area contributed by atoms with Gasteiger partial charge in [-0.2, -0.15) is 0 Å². The summed E-state index contributed by atoms with van der Waals surface area (Å²) in [5.74, 6) is 0.288. The van der Waals surface area contributed by atoms with E-state index in [-0.39, 0.29) is 37.5 Å². The number of sulfonamides is 1. The van der Waals surface area contributed by atoms with Crippen LogP contribution in [0.2, 0.25) is 0 Å². The lowest BCUT2D eigenvalue weighted by molar-refractivity contribution is -0.224. The molecule has 4 saturated carbocycles. The number of carbonyl (C=O) groups is 2. The van der Waals surface area contributed by atoms with Crippen LogP contribution < -0.4 is 4.72 Å². The lowest BCUT2D eigenvalue weighted by atomic mass is 9.32. The van der Waals surface area contributed by atoms with Crippen LogP contribution in [0.15, 0.2) is 71.7 Å². The number of carboxylic acids is 2. The van der Waals surface area contributed by atoms with Gasteiger partial charge >= 0.3 is 11.9 Å². The summed E-state index contributed by atoms with van der Waals surface area (Å²) in [6.45, 7) is 19.7. The van der Waals surface area contributed by atoms with E-state index in [0.29, 0.717) is 41.7 Å². The first-order chi connectivity index (χ1) is 24.3. The zero-order chi connectivity index (χ0) is 37.6. The van der Waals surface area contributed by atoms with Crippen molar-refractivity contribution in [2.75, 3.05) is 6.54 Å². The summed E-state index contributed by atoms with van der Waals surface area (Å²) in [5.41, 5.74) is 4.27. The van der Waals surface area contributed by atoms with Crippen molar-refractivity contribution in [2.45, 2.75) is 104 Å². The molecule has 0 aliphatic heterocycles. The number of rotatable bonds is 8. The molecular formula is C44H57NO6S. The summed E-state index contributed by atoms with van der Waals surface area (Å²) in [7, 11) is -3.82. The molecule has 7 rings (SSSR count). The van der Waals surface area contributed by atoms with Gasteiger partial charge in [0.2, 0.25) is 10.0 Å². The lowest BCUT2D eigenvalue weighted by Gasteiger charge is -2.72. The average Bonchev–Trinajstić information content (AvgIpc) is 3.48. The van der Waals surface area contributed by atoms with Crippen LogP contribution in [0, 0.1) is 56.7 Å². The van der Waals surface area contributed by atoms with E-state index < -0.39 is 22.0 Å². The van der Waals surface area contributed by atoms with Crippen molar-refractivity contribution in [1.29, 1.82) is 0 Å². The lowest BCUT2D eigenvalue weighted by Crippen LogP contribution is -2.66. The van der Waals surface area contributed by atoms with E-state index in [9.17, 15) is 28.2 Å². The molecule has 5 aliphatic rings. The van der Waals surface area contributed by atoms with Crippen LogP contribution in [0.5, 0.6) is 0 Å². The van der Waals surface area contributed by atoms with Gasteiger partial charge in [0.15, 0.2) is 0 Å². The van der Waals surface area contributed by atoms with Gasteiger partial charge in [0.1, 0.15) is 0 Å². The molecule has 0 spiro atoms. The summed E-state index contributed by atoms with van der Waals surface area (Å²) < 4.78 is 30.3. The van der Waals surface area contributed by atoms with E-state index in [1.165, 1.54) is 48.3 Å². The molecule has 0 aromatic heterocycles. The Bertz CT molecular complexity index is 1930. The molecule has 0 radical (unpaired) electrons. The van der Waals surface area contributed by atoms with E-state index in [1.807, 2.05) is 12.1 Å². The van der Waals surface area contributed by atoms with Gasteiger partial charge in [-0.15, -0.1) is 0 Å². The number of hydrogen-bond donors (Lipinski definition) is 3. The largest absolute Gasteiger partial charge is 0.478 e. The van der Waals surface area contributed by atoms with E-state index in [1.54, 1.807) is 12.1 Å². The highest BCUT2D eigenvalue weighted by atomic mass is 32.2. The molecule has 4 fully saturated rings. The van der Waals surface area contributed by atoms with Gasteiger partial charge in [-0.05, 0) is 169 Å². The molecule has 9 atom stereocenters. The predicted molar refractivity (Wildman–Crippen MR) is 204 cm³/mol. The second-order valence-electron chi connectivity index (χ2n) is 18.6. The highest BCUT2D eigenvalue weighted by molar-refractivity contribution is 7.89. The molecule has 2 aromatic rings. The number of carboxylic acid groups (broad SMARTS) is 2. The highest BCUT2D eigenvalue weighted by Crippen LogP contribution is 2.77. The maximum absolute atomic E-state index is 13.6. The first-order valence-electron chi connectivity index (χ1n) is 19.3. The minimum absolute atomic E-state index is 0.0554. The summed E-state index contributed by atoms with van der Waals surface area (Å²) in [4.78, 5) is 23.0. The van der Waals surface area contributed by atoms with Crippen LogP contribution in [0.3, 0.4) is 0 Å². The summed E-state index contributed by atoms with van der Waals surface area (Å²) >= 11 is 0. The Morgan fingerprint density at radius 3 is 2.00 bits per heavy atom. The summed E-state index contributed by atoms with van der Waals surface area (Å²) in [5, 5.41) is 18.8. The Hall–Kier alpha value is -3.23. The molecule has 0 saturated heterocycles. The standard InChI is InChI=1S/C44H57NO6S/c1-27(2)32-18-23-44(26-45-52(50,51)31-14-12-30(13-15-31)39(48)49)25-24-42(6)34(37(32)44)16-17-36-41(5)21-19-33(28-8-10-29(11-9-28)38(46)47)40(3,4)35(41)20-22-43(36,42)7/h8-15,19,32,34-37,45H,1,16-18,20-26H2,2-7H3,(H,46,47)(H,48,49)/t32-,34+,35-,36+,37+,41-,42+,43+,44+/m0/s1. The Balaban J connectivity index is 1.18. The van der Waals surface area contributed by atoms with Crippen molar-refractivity contribution < 1.29 is 28.2 Å². The fourth-order valence-corrected chi connectivity index (χ4v) is 14.7. The normalized spacial score (nSPS) is 37.8. The minimum Gasteiger partial charge on any atom is -0.478 e. The van der Waals surface area contributed by atoms with E-state index in [0.717, 1.165) is 50.5 Å². The third kappa shape index (κ3) is 5.39. The van der Waals surface area contributed by atoms with E-state index >= 15 is 0 Å². The molecule has 5 aliphatic carbocycles. The molecule has 0 amide bonds. The molecule has 280 valence electrons. The van der Waals surface area contributed by atoms with Gasteiger partial charge in [-0.1, -0.05) is 65.0 Å². The monoisotopic (exact) mass is 727 g/mol. The second-order valence-corrected chi connectivity index (χ2v) is 20.4. The molecule has 3 N–H and O–H groups in total. The highest BCUT2D eigenvalue weighted by Gasteiger charge is 2.70. The third-order valence-electron chi connectivity index (χ3n) is 16.3. The zero-order valence-electron chi connectivity index (χ0n) is 31.8. The first-order valence-corrected chi connectivity index (χ1v) is 20.8. The van der Waals surface area contributed by atoms with Crippen LogP contribution in [0.1, 0.15) is 126 Å². The maximum Gasteiger partial charge on any atom is 0.335 e. The Morgan fingerprint density at radius 1 is 0.788 bits per heavy atom. The molecular weight excluding hydrogens is 671 g/mol. The molecule has 0 unspecified atom stereocenters. The van der Waals surface area contributed by atoms with Gasteiger partial charge < -0.3 is 10.2 Å². The molecule has 7 nitrogen and oxygen atoms in total. The topological polar surface area (TPSA) is 121 Å². The van der Waals surface area contributed by atoms with Gasteiger partial charge in [0, 0.05) is 6.54 Å². The van der Waals surface area contributed by atoms with Crippen molar-refractivity contribution in [1.82, 2.24) is 4.72 Å². The average molecular weight is 728 g/mol. The summed E-state index contributed by atoms with van der Waals surface area (Å²) in [6, 6.07) is 12.9. The molecule has 52 heavy (non-hydrogen) atoms. The van der Waals surface area contributed by atoms with Gasteiger partial charge in [-0.3, -0.25) is 0 Å². The number of aromatic carboxylic acids is 2. The van der Waals surface area contributed by atoms with Crippen molar-refractivity contribution in [2.24, 2.45) is 56.7 Å². The van der Waals surface area contributed by atoms with Crippen molar-refractivity contribution in [3.63, 3.8) is 0 Å². The van der Waals surface area contributed by atoms with Crippen LogP contribution >= 0.6 is 0 Å². The number of hydrogen-bond acceptors (Lipinski definition) is 4. The third-order valence-corrected chi connectivity index (χ3v) is 17.7. The molecule has 0 bridgehead atoms. The fourth-order valence-electron chi connectivity index (χ4n) is 13.6. The maximum atomic E-state index is 13.6. The molecule has 0 heterocycles. The predicted octanol–water partition coefficient (Wildman–Crippen LogP) is 9.71. The van der Waals surface area contributed by atoms with Crippen LogP contribution in [-0.4, -0.2) is 37.1 Å². The van der Waals surface area contributed by atoms with Gasteiger partial charge in [0.25, 0.3) is 0 Å². The quantitative estimate of drug-likeness (QED) is 0.233. The molecule has 8 heteroatoms. The SMILES string of the molecule is C=C(C)[C@@H]1CC[C@]2(CNS(=O)(=O)c3ccc(C(=O)O)cc3)CC[C@]3(C)[C@H](CC[C@@H]4[C@@]5(C)CC=C(c6ccc(C(=O)O)cc6)C(C)(C)[C@@H]5CC[C@]43C)[C@@H]12. The van der Waals surface area contributed by atoms with Gasteiger partial charge in [-0.25, -0.2) is 22.7 Å². The van der Waals surface area contributed by atoms with Crippen molar-refractivity contribution in [3.8, 4) is 0 Å². The van der Waals surface area contributed by atoms with Crippen molar-refractivity contribution >= 4 is 27.5 Å². The second kappa shape index (κ2) is 12.4. The fraction of sp³-hybridized carbons (Fsp3) is 0.591. The number of allylic oxidation sites excluding steroid dienone is 3. The number of benzene rings is 2. The van der Waals surface area contributed by atoms with Crippen LogP contribution in [-0.2, 0) is 10.0 Å². The van der Waals surface area contributed by atoms with Crippen LogP contribution in [0.4, 0.5) is 0 Å².